The number of ether oxygens (including phenoxy) is 3. The lowest BCUT2D eigenvalue weighted by atomic mass is 10.1. The molecule has 0 spiro atoms. The van der Waals surface area contributed by atoms with Gasteiger partial charge in [-0.1, -0.05) is 12.1 Å². The Balaban J connectivity index is 1.75. The molecule has 0 aliphatic carbocycles. The molecule has 8 nitrogen and oxygen atoms in total. The fourth-order valence-electron chi connectivity index (χ4n) is 3.58. The SMILES string of the molecule is CCOc1ccc(NC(=O)/C(C#N)=C/c2cc(I)c(OCC(=O)Nc3cc(C)ccc3C)c(OCC)c2)cc1. The summed E-state index contributed by atoms with van der Waals surface area (Å²) in [6.07, 6.45) is 1.48. The van der Waals surface area contributed by atoms with Crippen molar-refractivity contribution in [1.29, 1.82) is 5.26 Å². The summed E-state index contributed by atoms with van der Waals surface area (Å²) in [5, 5.41) is 15.2. The highest BCUT2D eigenvalue weighted by atomic mass is 127. The van der Waals surface area contributed by atoms with E-state index in [9.17, 15) is 14.9 Å². The summed E-state index contributed by atoms with van der Waals surface area (Å²) in [4.78, 5) is 25.3. The summed E-state index contributed by atoms with van der Waals surface area (Å²) in [6, 6.07) is 18.1. The second-order valence-electron chi connectivity index (χ2n) is 8.50. The maximum Gasteiger partial charge on any atom is 0.266 e. The van der Waals surface area contributed by atoms with Crippen molar-refractivity contribution < 1.29 is 23.8 Å². The lowest BCUT2D eigenvalue weighted by Gasteiger charge is -2.15. The summed E-state index contributed by atoms with van der Waals surface area (Å²) < 4.78 is 17.7. The number of rotatable bonds is 11. The van der Waals surface area contributed by atoms with Crippen LogP contribution in [0.5, 0.6) is 17.2 Å². The van der Waals surface area contributed by atoms with Gasteiger partial charge in [-0.3, -0.25) is 9.59 Å². The minimum absolute atomic E-state index is 0.0799. The van der Waals surface area contributed by atoms with Crippen molar-refractivity contribution in [3.63, 3.8) is 0 Å². The highest BCUT2D eigenvalue weighted by Gasteiger charge is 2.16. The van der Waals surface area contributed by atoms with Gasteiger partial charge in [0.2, 0.25) is 0 Å². The van der Waals surface area contributed by atoms with Crippen LogP contribution in [0, 0.1) is 28.7 Å². The second-order valence-corrected chi connectivity index (χ2v) is 9.66. The molecule has 0 bridgehead atoms. The lowest BCUT2D eigenvalue weighted by molar-refractivity contribution is -0.118. The Bertz CT molecular complexity index is 1410. The lowest BCUT2D eigenvalue weighted by Crippen LogP contribution is -2.21. The van der Waals surface area contributed by atoms with Crippen molar-refractivity contribution in [2.24, 2.45) is 0 Å². The van der Waals surface area contributed by atoms with Crippen LogP contribution < -0.4 is 24.8 Å². The highest BCUT2D eigenvalue weighted by Crippen LogP contribution is 2.35. The van der Waals surface area contributed by atoms with Crippen molar-refractivity contribution in [2.75, 3.05) is 30.5 Å². The average molecular weight is 639 g/mol. The zero-order valence-electron chi connectivity index (χ0n) is 22.3. The summed E-state index contributed by atoms with van der Waals surface area (Å²) in [7, 11) is 0. The van der Waals surface area contributed by atoms with Crippen LogP contribution in [0.15, 0.2) is 60.2 Å². The van der Waals surface area contributed by atoms with Crippen molar-refractivity contribution >= 4 is 51.9 Å². The maximum absolute atomic E-state index is 12.8. The molecule has 0 fully saturated rings. The number of hydrogen-bond donors (Lipinski definition) is 2. The van der Waals surface area contributed by atoms with Crippen molar-refractivity contribution in [2.45, 2.75) is 27.7 Å². The minimum atomic E-state index is -0.543. The van der Waals surface area contributed by atoms with Crippen LogP contribution in [0.2, 0.25) is 0 Å². The Morgan fingerprint density at radius 3 is 2.33 bits per heavy atom. The smallest absolute Gasteiger partial charge is 0.266 e. The molecule has 0 saturated heterocycles. The van der Waals surface area contributed by atoms with Crippen LogP contribution in [0.25, 0.3) is 6.08 Å². The highest BCUT2D eigenvalue weighted by molar-refractivity contribution is 14.1. The normalized spacial score (nSPS) is 10.8. The van der Waals surface area contributed by atoms with E-state index in [4.69, 9.17) is 14.2 Å². The number of anilines is 2. The number of carbonyl (C=O) groups is 2. The number of amides is 2. The molecule has 3 rings (SSSR count). The Labute approximate surface area is 242 Å². The Morgan fingerprint density at radius 2 is 1.67 bits per heavy atom. The van der Waals surface area contributed by atoms with E-state index >= 15 is 0 Å². The van der Waals surface area contributed by atoms with Crippen molar-refractivity contribution in [3.05, 3.63) is 80.4 Å². The van der Waals surface area contributed by atoms with E-state index in [0.29, 0.717) is 45.3 Å². The third kappa shape index (κ3) is 8.48. The van der Waals surface area contributed by atoms with Gasteiger partial charge in [-0.25, -0.2) is 0 Å². The number of hydrogen-bond acceptors (Lipinski definition) is 6. The molecule has 0 unspecified atom stereocenters. The molecule has 0 atom stereocenters. The number of nitriles is 1. The predicted molar refractivity (Wildman–Crippen MR) is 160 cm³/mol. The first kappa shape index (κ1) is 29.5. The number of halogens is 1. The molecular weight excluding hydrogens is 609 g/mol. The predicted octanol–water partition coefficient (Wildman–Crippen LogP) is 6.27. The second kappa shape index (κ2) is 14.2. The molecule has 39 heavy (non-hydrogen) atoms. The Hall–Kier alpha value is -4.04. The monoisotopic (exact) mass is 639 g/mol. The largest absolute Gasteiger partial charge is 0.494 e. The van der Waals surface area contributed by atoms with Crippen LogP contribution in [-0.4, -0.2) is 31.6 Å². The van der Waals surface area contributed by atoms with Crippen LogP contribution in [0.4, 0.5) is 11.4 Å². The minimum Gasteiger partial charge on any atom is -0.494 e. The molecule has 0 heterocycles. The standard InChI is InChI=1S/C30H30IN3O5/c1-5-37-24-11-9-23(10-12-24)33-30(36)22(17-32)14-21-15-25(31)29(27(16-21)38-6-2)39-18-28(35)34-26-13-19(3)7-8-20(26)4/h7-16H,5-6,18H2,1-4H3,(H,33,36)(H,34,35)/b22-14+. The fraction of sp³-hybridized carbons (Fsp3) is 0.233. The molecule has 2 N–H and O–H groups in total. The molecule has 0 radical (unpaired) electrons. The van der Waals surface area contributed by atoms with Gasteiger partial charge < -0.3 is 24.8 Å². The van der Waals surface area contributed by atoms with Gasteiger partial charge in [0.15, 0.2) is 18.1 Å². The van der Waals surface area contributed by atoms with Gasteiger partial charge in [-0.2, -0.15) is 5.26 Å². The summed E-state index contributed by atoms with van der Waals surface area (Å²) in [5.74, 6) is 0.652. The number of nitrogens with zero attached hydrogens (tertiary/aromatic N) is 1. The molecule has 0 aliphatic heterocycles. The average Bonchev–Trinajstić information content (AvgIpc) is 2.90. The van der Waals surface area contributed by atoms with E-state index in [1.807, 2.05) is 52.0 Å². The van der Waals surface area contributed by atoms with E-state index in [-0.39, 0.29) is 18.1 Å². The summed E-state index contributed by atoms with van der Waals surface area (Å²) in [5.41, 5.74) is 3.76. The van der Waals surface area contributed by atoms with Gasteiger partial charge in [0.1, 0.15) is 17.4 Å². The molecule has 3 aromatic rings. The van der Waals surface area contributed by atoms with Gasteiger partial charge in [-0.05, 0) is 116 Å². The Morgan fingerprint density at radius 1 is 0.949 bits per heavy atom. The first-order valence-corrected chi connectivity index (χ1v) is 13.4. The topological polar surface area (TPSA) is 110 Å². The van der Waals surface area contributed by atoms with Gasteiger partial charge >= 0.3 is 0 Å². The molecule has 0 aliphatic rings. The first-order chi connectivity index (χ1) is 18.7. The molecule has 9 heteroatoms. The molecular formula is C30H30IN3O5. The molecule has 0 saturated carbocycles. The number of benzene rings is 3. The zero-order valence-corrected chi connectivity index (χ0v) is 24.4. The maximum atomic E-state index is 12.8. The van der Waals surface area contributed by atoms with Gasteiger partial charge in [0.25, 0.3) is 11.8 Å². The van der Waals surface area contributed by atoms with Gasteiger partial charge in [-0.15, -0.1) is 0 Å². The number of aryl methyl sites for hydroxylation is 2. The van der Waals surface area contributed by atoms with Crippen LogP contribution in [0.3, 0.4) is 0 Å². The first-order valence-electron chi connectivity index (χ1n) is 12.4. The quantitative estimate of drug-likeness (QED) is 0.146. The fourth-order valence-corrected chi connectivity index (χ4v) is 4.36. The molecule has 2 amide bonds. The van der Waals surface area contributed by atoms with Gasteiger partial charge in [0, 0.05) is 11.4 Å². The third-order valence-electron chi connectivity index (χ3n) is 5.45. The number of nitrogens with one attached hydrogen (secondary N) is 2. The zero-order chi connectivity index (χ0) is 28.4. The summed E-state index contributed by atoms with van der Waals surface area (Å²) in [6.45, 7) is 8.29. The van der Waals surface area contributed by atoms with E-state index in [1.54, 1.807) is 36.4 Å². The third-order valence-corrected chi connectivity index (χ3v) is 6.25. The van der Waals surface area contributed by atoms with Gasteiger partial charge in [0.05, 0.1) is 16.8 Å². The van der Waals surface area contributed by atoms with Crippen LogP contribution >= 0.6 is 22.6 Å². The van der Waals surface area contributed by atoms with E-state index in [2.05, 4.69) is 33.2 Å². The van der Waals surface area contributed by atoms with Crippen LogP contribution in [0.1, 0.15) is 30.5 Å². The van der Waals surface area contributed by atoms with Crippen molar-refractivity contribution in [1.82, 2.24) is 0 Å². The van der Waals surface area contributed by atoms with Crippen molar-refractivity contribution in [3.8, 4) is 23.3 Å². The van der Waals surface area contributed by atoms with Crippen LogP contribution in [-0.2, 0) is 9.59 Å². The molecule has 202 valence electrons. The molecule has 0 aromatic heterocycles. The Kier molecular flexibility index (Phi) is 10.8. The molecule has 3 aromatic carbocycles. The summed E-state index contributed by atoms with van der Waals surface area (Å²) >= 11 is 2.07. The van der Waals surface area contributed by atoms with E-state index in [0.717, 1.165) is 16.8 Å². The number of carbonyl (C=O) groups excluding carboxylic acids is 2. The van der Waals surface area contributed by atoms with E-state index in [1.165, 1.54) is 6.08 Å². The van der Waals surface area contributed by atoms with E-state index < -0.39 is 5.91 Å².